The number of nitrogens with one attached hydrogen (secondary N) is 1. The van der Waals surface area contributed by atoms with Crippen LogP contribution >= 0.6 is 0 Å². The summed E-state index contributed by atoms with van der Waals surface area (Å²) in [6.07, 6.45) is 1.88. The number of carbonyl (C=O) groups excluding carboxylic acids is 1. The van der Waals surface area contributed by atoms with E-state index in [1.54, 1.807) is 0 Å². The molecule has 4 heteroatoms. The molecule has 0 unspecified atom stereocenters. The fourth-order valence-corrected chi connectivity index (χ4v) is 2.56. The number of amides is 1. The zero-order chi connectivity index (χ0) is 16.2. The summed E-state index contributed by atoms with van der Waals surface area (Å²) in [6, 6.07) is 7.77. The number of hydrazone groups is 1. The maximum absolute atomic E-state index is 12.1. The van der Waals surface area contributed by atoms with Gasteiger partial charge in [0.05, 0.1) is 0 Å². The van der Waals surface area contributed by atoms with Crippen molar-refractivity contribution in [3.63, 3.8) is 0 Å². The summed E-state index contributed by atoms with van der Waals surface area (Å²) in [6.45, 7) is 11.8. The first kappa shape index (κ1) is 16.7. The van der Waals surface area contributed by atoms with Crippen LogP contribution in [0.2, 0.25) is 0 Å². The highest BCUT2D eigenvalue weighted by molar-refractivity contribution is 5.95. The number of rotatable bonds is 3. The van der Waals surface area contributed by atoms with E-state index in [0.29, 0.717) is 5.56 Å². The van der Waals surface area contributed by atoms with Crippen LogP contribution in [0.15, 0.2) is 29.4 Å². The van der Waals surface area contributed by atoms with Crippen LogP contribution in [-0.4, -0.2) is 36.2 Å². The Kier molecular flexibility index (Phi) is 5.35. The first-order valence-corrected chi connectivity index (χ1v) is 8.09. The highest BCUT2D eigenvalue weighted by Gasteiger charge is 2.15. The van der Waals surface area contributed by atoms with Crippen molar-refractivity contribution in [2.75, 3.05) is 19.6 Å². The largest absolute Gasteiger partial charge is 0.303 e. The second-order valence-corrected chi connectivity index (χ2v) is 6.88. The molecule has 1 saturated heterocycles. The maximum Gasteiger partial charge on any atom is 0.271 e. The monoisotopic (exact) mass is 301 g/mol. The highest BCUT2D eigenvalue weighted by Crippen LogP contribution is 2.22. The third kappa shape index (κ3) is 4.41. The standard InChI is InChI=1S/C18H27N3O/c1-5-21-12-10-16(11-13-21)19-20-17(22)14-6-8-15(9-7-14)18(2,3)4/h6-9H,5,10-13H2,1-4H3,(H,20,22). The van der Waals surface area contributed by atoms with Crippen molar-refractivity contribution in [2.45, 2.75) is 46.0 Å². The minimum absolute atomic E-state index is 0.0997. The Bertz CT molecular complexity index is 530. The minimum atomic E-state index is -0.133. The van der Waals surface area contributed by atoms with Gasteiger partial charge in [-0.1, -0.05) is 39.8 Å². The molecule has 1 aliphatic rings. The van der Waals surface area contributed by atoms with Crippen molar-refractivity contribution < 1.29 is 4.79 Å². The summed E-state index contributed by atoms with van der Waals surface area (Å²) in [5.41, 5.74) is 5.76. The van der Waals surface area contributed by atoms with E-state index in [0.717, 1.165) is 38.2 Å². The third-order valence-corrected chi connectivity index (χ3v) is 4.21. The number of carbonyl (C=O) groups is 1. The fourth-order valence-electron chi connectivity index (χ4n) is 2.56. The molecule has 0 saturated carbocycles. The highest BCUT2D eigenvalue weighted by atomic mass is 16.2. The average Bonchev–Trinajstić information content (AvgIpc) is 2.52. The first-order chi connectivity index (χ1) is 10.4. The van der Waals surface area contributed by atoms with Gasteiger partial charge in [-0.05, 0) is 29.7 Å². The molecule has 1 fully saturated rings. The van der Waals surface area contributed by atoms with Crippen molar-refractivity contribution in [3.05, 3.63) is 35.4 Å². The molecule has 0 aromatic heterocycles. The molecule has 22 heavy (non-hydrogen) atoms. The van der Waals surface area contributed by atoms with Crippen molar-refractivity contribution in [1.29, 1.82) is 0 Å². The van der Waals surface area contributed by atoms with Gasteiger partial charge < -0.3 is 4.90 Å². The van der Waals surface area contributed by atoms with Crippen molar-refractivity contribution >= 4 is 11.6 Å². The summed E-state index contributed by atoms with van der Waals surface area (Å²) < 4.78 is 0. The van der Waals surface area contributed by atoms with Crippen LogP contribution in [-0.2, 0) is 5.41 Å². The van der Waals surface area contributed by atoms with Crippen LogP contribution in [0.5, 0.6) is 0 Å². The molecule has 0 radical (unpaired) electrons. The lowest BCUT2D eigenvalue weighted by molar-refractivity contribution is 0.0954. The Morgan fingerprint density at radius 2 is 1.77 bits per heavy atom. The molecule has 4 nitrogen and oxygen atoms in total. The van der Waals surface area contributed by atoms with Crippen LogP contribution in [0.1, 0.15) is 56.5 Å². The summed E-state index contributed by atoms with van der Waals surface area (Å²) in [4.78, 5) is 14.5. The first-order valence-electron chi connectivity index (χ1n) is 8.09. The van der Waals surface area contributed by atoms with Crippen LogP contribution < -0.4 is 5.43 Å². The summed E-state index contributed by atoms with van der Waals surface area (Å²) >= 11 is 0. The molecule has 1 heterocycles. The lowest BCUT2D eigenvalue weighted by Crippen LogP contribution is -2.34. The van der Waals surface area contributed by atoms with Gasteiger partial charge in [-0.3, -0.25) is 4.79 Å². The summed E-state index contributed by atoms with van der Waals surface area (Å²) in [5, 5.41) is 4.29. The molecular formula is C18H27N3O. The van der Waals surface area contributed by atoms with Crippen LogP contribution in [0.3, 0.4) is 0 Å². The number of benzene rings is 1. The van der Waals surface area contributed by atoms with Gasteiger partial charge in [-0.2, -0.15) is 5.10 Å². The third-order valence-electron chi connectivity index (χ3n) is 4.21. The van der Waals surface area contributed by atoms with Crippen molar-refractivity contribution in [1.82, 2.24) is 10.3 Å². The molecule has 1 aromatic carbocycles. The second kappa shape index (κ2) is 7.05. The molecular weight excluding hydrogens is 274 g/mol. The van der Waals surface area contributed by atoms with Gasteiger partial charge in [0.15, 0.2) is 0 Å². The molecule has 1 N–H and O–H groups in total. The number of nitrogens with zero attached hydrogens (tertiary/aromatic N) is 2. The van der Waals surface area contributed by atoms with Crippen molar-refractivity contribution in [2.24, 2.45) is 5.10 Å². The van der Waals surface area contributed by atoms with Gasteiger partial charge in [-0.25, -0.2) is 5.43 Å². The van der Waals surface area contributed by atoms with Gasteiger partial charge in [0.25, 0.3) is 5.91 Å². The Morgan fingerprint density at radius 3 is 2.27 bits per heavy atom. The van der Waals surface area contributed by atoms with Gasteiger partial charge in [0, 0.05) is 37.2 Å². The normalized spacial score (nSPS) is 16.5. The maximum atomic E-state index is 12.1. The molecule has 2 rings (SSSR count). The van der Waals surface area contributed by atoms with E-state index in [1.165, 1.54) is 5.56 Å². The number of hydrogen-bond acceptors (Lipinski definition) is 3. The average molecular weight is 301 g/mol. The Hall–Kier alpha value is -1.68. The summed E-state index contributed by atoms with van der Waals surface area (Å²) in [5.74, 6) is -0.133. The van der Waals surface area contributed by atoms with E-state index < -0.39 is 0 Å². The van der Waals surface area contributed by atoms with Crippen LogP contribution in [0, 0.1) is 0 Å². The zero-order valence-electron chi connectivity index (χ0n) is 14.1. The van der Waals surface area contributed by atoms with Gasteiger partial charge >= 0.3 is 0 Å². The second-order valence-electron chi connectivity index (χ2n) is 6.88. The quantitative estimate of drug-likeness (QED) is 0.871. The Labute approximate surface area is 133 Å². The van der Waals surface area contributed by atoms with E-state index in [2.05, 4.69) is 43.1 Å². The lowest BCUT2D eigenvalue weighted by atomic mass is 9.87. The lowest BCUT2D eigenvalue weighted by Gasteiger charge is -2.25. The molecule has 1 aliphatic heterocycles. The van der Waals surface area contributed by atoms with Gasteiger partial charge in [0.1, 0.15) is 0 Å². The molecule has 0 aliphatic carbocycles. The summed E-state index contributed by atoms with van der Waals surface area (Å²) in [7, 11) is 0. The van der Waals surface area contributed by atoms with E-state index in [4.69, 9.17) is 0 Å². The SMILES string of the molecule is CCN1CCC(=NNC(=O)c2ccc(C(C)(C)C)cc2)CC1. The topological polar surface area (TPSA) is 44.7 Å². The predicted molar refractivity (Wildman–Crippen MR) is 91.4 cm³/mol. The molecule has 0 bridgehead atoms. The van der Waals surface area contributed by atoms with Gasteiger partial charge in [0.2, 0.25) is 0 Å². The number of piperidine rings is 1. The fraction of sp³-hybridized carbons (Fsp3) is 0.556. The van der Waals surface area contributed by atoms with E-state index in [-0.39, 0.29) is 11.3 Å². The van der Waals surface area contributed by atoms with E-state index >= 15 is 0 Å². The number of hydrogen-bond donors (Lipinski definition) is 1. The van der Waals surface area contributed by atoms with Crippen LogP contribution in [0.25, 0.3) is 0 Å². The minimum Gasteiger partial charge on any atom is -0.303 e. The Morgan fingerprint density at radius 1 is 1.18 bits per heavy atom. The molecule has 0 atom stereocenters. The number of likely N-dealkylation sites (tertiary alicyclic amines) is 1. The van der Waals surface area contributed by atoms with Gasteiger partial charge in [-0.15, -0.1) is 0 Å². The van der Waals surface area contributed by atoms with E-state index in [1.807, 2.05) is 24.3 Å². The molecule has 1 aromatic rings. The molecule has 120 valence electrons. The predicted octanol–water partition coefficient (Wildman–Crippen LogP) is 3.19. The molecule has 0 spiro atoms. The smallest absolute Gasteiger partial charge is 0.271 e. The van der Waals surface area contributed by atoms with E-state index in [9.17, 15) is 4.79 Å². The molecule has 1 amide bonds. The van der Waals surface area contributed by atoms with Crippen molar-refractivity contribution in [3.8, 4) is 0 Å². The van der Waals surface area contributed by atoms with Crippen LogP contribution in [0.4, 0.5) is 0 Å². The Balaban J connectivity index is 1.93. The zero-order valence-corrected chi connectivity index (χ0v) is 14.1.